The molecule has 0 spiro atoms. The maximum atomic E-state index is 11.3. The van der Waals surface area contributed by atoms with E-state index in [1.807, 2.05) is 27.7 Å². The lowest BCUT2D eigenvalue weighted by molar-refractivity contribution is -0.222. The molecular formula is C18H26O5. The lowest BCUT2D eigenvalue weighted by Crippen LogP contribution is -2.49. The van der Waals surface area contributed by atoms with Crippen LogP contribution >= 0.6 is 0 Å². The number of methoxy groups -OCH3 is 1. The normalized spacial score (nSPS) is 27.8. The molecule has 0 amide bonds. The number of aliphatic hydroxyl groups is 1. The van der Waals surface area contributed by atoms with E-state index in [1.54, 1.807) is 14.0 Å². The summed E-state index contributed by atoms with van der Waals surface area (Å²) in [5.41, 5.74) is 4.43. The summed E-state index contributed by atoms with van der Waals surface area (Å²) in [5, 5.41) is 10.0. The minimum atomic E-state index is -0.664. The van der Waals surface area contributed by atoms with Crippen LogP contribution in [0.4, 0.5) is 0 Å². The van der Waals surface area contributed by atoms with E-state index >= 15 is 0 Å². The zero-order chi connectivity index (χ0) is 17.3. The van der Waals surface area contributed by atoms with Crippen LogP contribution in [0.5, 0.6) is 5.75 Å². The Morgan fingerprint density at radius 2 is 1.70 bits per heavy atom. The average Bonchev–Trinajstić information content (AvgIpc) is 2.53. The van der Waals surface area contributed by atoms with Crippen molar-refractivity contribution in [2.24, 2.45) is 0 Å². The van der Waals surface area contributed by atoms with Crippen LogP contribution in [0, 0.1) is 27.7 Å². The number of aliphatic hydroxyl groups excluding tert-OH is 1. The molecule has 1 aromatic carbocycles. The minimum Gasteiger partial charge on any atom is -0.464 e. The van der Waals surface area contributed by atoms with Gasteiger partial charge in [0.2, 0.25) is 6.29 Å². The third-order valence-electron chi connectivity index (χ3n) is 4.94. The fraction of sp³-hybridized carbons (Fsp3) is 0.611. The van der Waals surface area contributed by atoms with E-state index in [-0.39, 0.29) is 12.2 Å². The second-order valence-electron chi connectivity index (χ2n) is 6.25. The van der Waals surface area contributed by atoms with Gasteiger partial charge >= 0.3 is 0 Å². The summed E-state index contributed by atoms with van der Waals surface area (Å²) in [5.74, 6) is 0.744. The molecule has 4 atom stereocenters. The Morgan fingerprint density at radius 3 is 2.17 bits per heavy atom. The van der Waals surface area contributed by atoms with Gasteiger partial charge in [-0.2, -0.15) is 0 Å². The molecule has 23 heavy (non-hydrogen) atoms. The molecule has 0 aliphatic carbocycles. The van der Waals surface area contributed by atoms with E-state index in [1.165, 1.54) is 0 Å². The van der Waals surface area contributed by atoms with Gasteiger partial charge in [0.1, 0.15) is 11.9 Å². The summed E-state index contributed by atoms with van der Waals surface area (Å²) in [6.07, 6.45) is -0.490. The van der Waals surface area contributed by atoms with Gasteiger partial charge in [-0.15, -0.1) is 0 Å². The van der Waals surface area contributed by atoms with Gasteiger partial charge in [0.25, 0.3) is 0 Å². The fourth-order valence-electron chi connectivity index (χ4n) is 3.11. The number of hydrogen-bond donors (Lipinski definition) is 1. The number of aldehydes is 1. The number of carbonyl (C=O) groups excluding carboxylic acids is 1. The molecule has 128 valence electrons. The van der Waals surface area contributed by atoms with Crippen molar-refractivity contribution in [2.45, 2.75) is 65.6 Å². The highest BCUT2D eigenvalue weighted by Gasteiger charge is 2.37. The van der Waals surface area contributed by atoms with Gasteiger partial charge in [-0.25, -0.2) is 0 Å². The van der Waals surface area contributed by atoms with Crippen molar-refractivity contribution in [2.75, 3.05) is 7.11 Å². The topological polar surface area (TPSA) is 65.0 Å². The van der Waals surface area contributed by atoms with Gasteiger partial charge in [0.15, 0.2) is 6.29 Å². The van der Waals surface area contributed by atoms with Gasteiger partial charge in [-0.3, -0.25) is 4.79 Å². The number of rotatable bonds is 4. The summed E-state index contributed by atoms with van der Waals surface area (Å²) in [4.78, 5) is 11.3. The molecule has 1 aliphatic rings. The van der Waals surface area contributed by atoms with E-state index in [2.05, 4.69) is 0 Å². The average molecular weight is 322 g/mol. The highest BCUT2D eigenvalue weighted by molar-refractivity contribution is 5.82. The predicted molar refractivity (Wildman–Crippen MR) is 87.2 cm³/mol. The first-order chi connectivity index (χ1) is 10.8. The number of hydrogen-bond acceptors (Lipinski definition) is 5. The molecule has 1 heterocycles. The van der Waals surface area contributed by atoms with Crippen molar-refractivity contribution in [3.8, 4) is 5.75 Å². The molecule has 1 fully saturated rings. The molecule has 1 N–H and O–H groups in total. The van der Waals surface area contributed by atoms with E-state index < -0.39 is 12.4 Å². The second kappa shape index (κ2) is 6.99. The lowest BCUT2D eigenvalue weighted by atomic mass is 9.93. The third kappa shape index (κ3) is 3.27. The van der Waals surface area contributed by atoms with Crippen LogP contribution in [0.1, 0.15) is 46.0 Å². The zero-order valence-corrected chi connectivity index (χ0v) is 14.7. The van der Waals surface area contributed by atoms with Crippen LogP contribution in [0.2, 0.25) is 0 Å². The maximum Gasteiger partial charge on any atom is 0.202 e. The second-order valence-corrected chi connectivity index (χ2v) is 6.25. The number of carbonyl (C=O) groups is 1. The Labute approximate surface area is 137 Å². The highest BCUT2D eigenvalue weighted by Crippen LogP contribution is 2.34. The first-order valence-electron chi connectivity index (χ1n) is 7.90. The zero-order valence-electron chi connectivity index (χ0n) is 14.7. The fourth-order valence-corrected chi connectivity index (χ4v) is 3.11. The molecule has 5 nitrogen and oxygen atoms in total. The highest BCUT2D eigenvalue weighted by atomic mass is 16.7. The van der Waals surface area contributed by atoms with Crippen LogP contribution in [0.3, 0.4) is 0 Å². The van der Waals surface area contributed by atoms with Crippen LogP contribution in [-0.2, 0) is 9.47 Å². The molecule has 0 bridgehead atoms. The largest absolute Gasteiger partial charge is 0.464 e. The van der Waals surface area contributed by atoms with Crippen molar-refractivity contribution < 1.29 is 24.1 Å². The number of ether oxygens (including phenoxy) is 3. The van der Waals surface area contributed by atoms with Crippen molar-refractivity contribution in [3.05, 3.63) is 27.8 Å². The SMILES string of the molecule is CO[C@H]1CC(Oc2c(C)c(C)c(C=O)c(C)c2C)O[C@@H](C)C1O. The Kier molecular flexibility index (Phi) is 5.45. The van der Waals surface area contributed by atoms with Crippen LogP contribution in [-0.4, -0.2) is 43.1 Å². The molecule has 1 aliphatic heterocycles. The van der Waals surface area contributed by atoms with Crippen LogP contribution in [0.15, 0.2) is 0 Å². The Hall–Kier alpha value is -1.43. The van der Waals surface area contributed by atoms with Gasteiger partial charge in [-0.1, -0.05) is 0 Å². The van der Waals surface area contributed by atoms with Crippen LogP contribution < -0.4 is 4.74 Å². The van der Waals surface area contributed by atoms with E-state index in [0.29, 0.717) is 6.42 Å². The third-order valence-corrected chi connectivity index (χ3v) is 4.94. The van der Waals surface area contributed by atoms with Crippen LogP contribution in [0.25, 0.3) is 0 Å². The summed E-state index contributed by atoms with van der Waals surface area (Å²) < 4.78 is 17.2. The summed E-state index contributed by atoms with van der Waals surface area (Å²) in [6.45, 7) is 9.53. The Bertz CT molecular complexity index is 567. The van der Waals surface area contributed by atoms with E-state index in [0.717, 1.165) is 39.9 Å². The summed E-state index contributed by atoms with van der Waals surface area (Å²) in [6, 6.07) is 0. The molecule has 0 radical (unpaired) electrons. The summed E-state index contributed by atoms with van der Waals surface area (Å²) in [7, 11) is 1.58. The standard InChI is InChI=1S/C18H26O5/c1-9-11(3)18(12(4)10(2)14(9)8-19)23-16-7-15(21-6)17(20)13(5)22-16/h8,13,15-17,20H,7H2,1-6H3/t13-,15-,16?,17?/m0/s1. The van der Waals surface area contributed by atoms with E-state index in [9.17, 15) is 9.90 Å². The first kappa shape index (κ1) is 17.9. The van der Waals surface area contributed by atoms with Crippen molar-refractivity contribution in [1.29, 1.82) is 0 Å². The molecular weight excluding hydrogens is 296 g/mol. The van der Waals surface area contributed by atoms with Gasteiger partial charge in [-0.05, 0) is 56.9 Å². The predicted octanol–water partition coefficient (Wildman–Crippen LogP) is 2.62. The number of benzene rings is 1. The molecule has 2 rings (SSSR count). The van der Waals surface area contributed by atoms with Crippen molar-refractivity contribution >= 4 is 6.29 Å². The van der Waals surface area contributed by atoms with E-state index in [4.69, 9.17) is 14.2 Å². The molecule has 0 saturated carbocycles. The lowest BCUT2D eigenvalue weighted by Gasteiger charge is -2.37. The van der Waals surface area contributed by atoms with Gasteiger partial charge in [0, 0.05) is 19.1 Å². The van der Waals surface area contributed by atoms with Crippen molar-refractivity contribution in [1.82, 2.24) is 0 Å². The Morgan fingerprint density at radius 1 is 1.13 bits per heavy atom. The maximum absolute atomic E-state index is 11.3. The monoisotopic (exact) mass is 322 g/mol. The molecule has 0 aromatic heterocycles. The molecule has 1 saturated heterocycles. The van der Waals surface area contributed by atoms with Gasteiger partial charge < -0.3 is 19.3 Å². The quantitative estimate of drug-likeness (QED) is 0.863. The summed E-state index contributed by atoms with van der Waals surface area (Å²) >= 11 is 0. The Balaban J connectivity index is 2.32. The van der Waals surface area contributed by atoms with Crippen molar-refractivity contribution in [3.63, 3.8) is 0 Å². The molecule has 5 heteroatoms. The molecule has 2 unspecified atom stereocenters. The molecule has 1 aromatic rings. The first-order valence-corrected chi connectivity index (χ1v) is 7.90. The smallest absolute Gasteiger partial charge is 0.202 e. The minimum absolute atomic E-state index is 0.319. The van der Waals surface area contributed by atoms with Gasteiger partial charge in [0.05, 0.1) is 12.2 Å².